The van der Waals surface area contributed by atoms with Crippen molar-refractivity contribution in [1.29, 1.82) is 5.41 Å². The van der Waals surface area contributed by atoms with Crippen molar-refractivity contribution in [2.24, 2.45) is 11.5 Å². The first kappa shape index (κ1) is 27.5. The van der Waals surface area contributed by atoms with E-state index in [1.54, 1.807) is 13.8 Å². The molecule has 13 nitrogen and oxygen atoms in total. The van der Waals surface area contributed by atoms with E-state index in [0.717, 1.165) is 5.57 Å². The molecule has 3 unspecified atom stereocenters. The number of nitrogens with two attached hydrogens (primary N) is 2. The minimum atomic E-state index is -1.24. The first-order chi connectivity index (χ1) is 16.5. The monoisotopic (exact) mass is 491 g/mol. The van der Waals surface area contributed by atoms with Crippen LogP contribution in [0.15, 0.2) is 17.7 Å². The average molecular weight is 492 g/mol. The molecule has 0 aromatic carbocycles. The first-order valence-corrected chi connectivity index (χ1v) is 11.2. The van der Waals surface area contributed by atoms with Crippen LogP contribution >= 0.6 is 0 Å². The number of hydrogen-bond acceptors (Lipinski definition) is 8. The van der Waals surface area contributed by atoms with Gasteiger partial charge in [0.1, 0.15) is 11.9 Å². The zero-order valence-corrected chi connectivity index (χ0v) is 19.8. The summed E-state index contributed by atoms with van der Waals surface area (Å²) >= 11 is 0. The van der Waals surface area contributed by atoms with Crippen molar-refractivity contribution in [3.63, 3.8) is 0 Å². The smallest absolute Gasteiger partial charge is 0.339 e. The summed E-state index contributed by atoms with van der Waals surface area (Å²) in [6.07, 6.45) is 1.82. The van der Waals surface area contributed by atoms with Crippen LogP contribution in [-0.2, 0) is 25.5 Å². The Bertz CT molecular complexity index is 1000. The van der Waals surface area contributed by atoms with Crippen LogP contribution in [0.1, 0.15) is 41.5 Å². The molecule has 0 fully saturated rings. The van der Waals surface area contributed by atoms with E-state index < -0.39 is 41.9 Å². The predicted molar refractivity (Wildman–Crippen MR) is 127 cm³/mol. The molecular weight excluding hydrogens is 458 g/mol. The molecule has 13 heteroatoms. The Morgan fingerprint density at radius 1 is 1.31 bits per heavy atom. The van der Waals surface area contributed by atoms with E-state index in [9.17, 15) is 24.3 Å². The van der Waals surface area contributed by atoms with E-state index >= 15 is 0 Å². The summed E-state index contributed by atoms with van der Waals surface area (Å²) in [6.45, 7) is 4.05. The summed E-state index contributed by atoms with van der Waals surface area (Å²) in [6, 6.07) is -1.06. The number of amides is 2. The number of rotatable bonds is 13. The lowest BCUT2D eigenvalue weighted by Gasteiger charge is -2.18. The van der Waals surface area contributed by atoms with Gasteiger partial charge in [-0.3, -0.25) is 15.0 Å². The van der Waals surface area contributed by atoms with Crippen LogP contribution in [-0.4, -0.2) is 77.5 Å². The molecule has 192 valence electrons. The molecule has 0 saturated carbocycles. The van der Waals surface area contributed by atoms with Crippen molar-refractivity contribution in [3.8, 4) is 0 Å². The van der Waals surface area contributed by atoms with E-state index in [0.29, 0.717) is 23.5 Å². The van der Waals surface area contributed by atoms with Crippen LogP contribution in [0.3, 0.4) is 0 Å². The molecule has 2 heterocycles. The molecule has 1 aliphatic rings. The van der Waals surface area contributed by atoms with E-state index in [1.165, 1.54) is 6.07 Å². The Balaban J connectivity index is 1.82. The third-order valence-electron chi connectivity index (χ3n) is 5.44. The number of carbonyl (C=O) groups is 4. The molecule has 0 aliphatic carbocycles. The molecule has 2 amide bonds. The number of carboxylic acid groups (broad SMARTS) is 1. The minimum absolute atomic E-state index is 0.0350. The molecule has 10 N–H and O–H groups in total. The van der Waals surface area contributed by atoms with Gasteiger partial charge in [-0.15, -0.1) is 0 Å². The van der Waals surface area contributed by atoms with Gasteiger partial charge < -0.3 is 42.2 Å². The molecule has 3 atom stereocenters. The highest BCUT2D eigenvalue weighted by Gasteiger charge is 2.26. The number of amidine groups is 1. The second kappa shape index (κ2) is 12.7. The second-order valence-corrected chi connectivity index (χ2v) is 8.14. The van der Waals surface area contributed by atoms with Crippen LogP contribution in [0.25, 0.3) is 0 Å². The highest BCUT2D eigenvalue weighted by atomic mass is 16.5. The molecule has 2 rings (SSSR count). The quantitative estimate of drug-likeness (QED) is 0.0706. The number of esters is 1. The van der Waals surface area contributed by atoms with Crippen molar-refractivity contribution in [2.45, 2.75) is 51.2 Å². The van der Waals surface area contributed by atoms with Gasteiger partial charge in [-0.05, 0) is 31.9 Å². The molecule has 0 spiro atoms. The lowest BCUT2D eigenvalue weighted by Crippen LogP contribution is -2.46. The average Bonchev–Trinajstić information content (AvgIpc) is 3.39. The van der Waals surface area contributed by atoms with Crippen molar-refractivity contribution in [2.75, 3.05) is 19.7 Å². The summed E-state index contributed by atoms with van der Waals surface area (Å²) in [5.74, 6) is -2.87. The van der Waals surface area contributed by atoms with E-state index in [-0.39, 0.29) is 38.2 Å². The fourth-order valence-corrected chi connectivity index (χ4v) is 3.69. The molecule has 1 aromatic heterocycles. The van der Waals surface area contributed by atoms with E-state index in [1.807, 2.05) is 6.08 Å². The third kappa shape index (κ3) is 7.93. The fraction of sp³-hybridized carbons (Fsp3) is 0.500. The Hall–Kier alpha value is -3.71. The molecule has 1 aliphatic heterocycles. The van der Waals surface area contributed by atoms with Gasteiger partial charge in [0.25, 0.3) is 0 Å². The Labute approximate surface area is 202 Å². The first-order valence-electron chi connectivity index (χ1n) is 11.2. The number of carboxylic acids is 1. The highest BCUT2D eigenvalue weighted by molar-refractivity contribution is 5.91. The maximum Gasteiger partial charge on any atom is 0.339 e. The number of ether oxygens (including phenoxy) is 1. The van der Waals surface area contributed by atoms with Gasteiger partial charge in [0.2, 0.25) is 11.8 Å². The number of aryl methyl sites for hydroxylation is 1. The molecule has 0 radical (unpaired) electrons. The zero-order chi connectivity index (χ0) is 26.1. The minimum Gasteiger partial charge on any atom is -0.480 e. The maximum absolute atomic E-state index is 12.3. The Morgan fingerprint density at radius 3 is 2.66 bits per heavy atom. The number of aliphatic carboxylic acids is 1. The summed E-state index contributed by atoms with van der Waals surface area (Å²) in [5.41, 5.74) is 13.5. The lowest BCUT2D eigenvalue weighted by molar-refractivity contribution is -0.141. The van der Waals surface area contributed by atoms with Crippen LogP contribution in [0.2, 0.25) is 0 Å². The topological polar surface area (TPSA) is 226 Å². The fourth-order valence-electron chi connectivity index (χ4n) is 3.69. The van der Waals surface area contributed by atoms with Crippen molar-refractivity contribution < 1.29 is 29.0 Å². The Morgan fingerprint density at radius 2 is 2.03 bits per heavy atom. The van der Waals surface area contributed by atoms with Crippen LogP contribution in [0.4, 0.5) is 0 Å². The number of H-pyrrole nitrogens is 1. The van der Waals surface area contributed by atoms with Crippen LogP contribution < -0.4 is 27.4 Å². The van der Waals surface area contributed by atoms with Gasteiger partial charge >= 0.3 is 11.9 Å². The van der Waals surface area contributed by atoms with Gasteiger partial charge in [-0.2, -0.15) is 0 Å². The van der Waals surface area contributed by atoms with E-state index in [4.69, 9.17) is 21.6 Å². The third-order valence-corrected chi connectivity index (χ3v) is 5.44. The summed E-state index contributed by atoms with van der Waals surface area (Å²) in [4.78, 5) is 51.0. The normalized spacial score (nSPS) is 16.7. The van der Waals surface area contributed by atoms with E-state index in [2.05, 4.69) is 20.9 Å². The molecule has 0 bridgehead atoms. The predicted octanol–water partition coefficient (Wildman–Crippen LogP) is -1.33. The standard InChI is InChI=1S/C22H33N7O6/c1-3-35-22(34)14-9-13(28-11(14)2)10-16(21(32)33)29-17(30)5-7-27-20(31)15(23)8-12-4-6-26-18(12)19(24)25/h4,9,15-16,18,26,28H,3,5-8,10,23H2,1-2H3,(H3,24,25)(H,27,31)(H,29,30)(H,32,33). The largest absolute Gasteiger partial charge is 0.480 e. The maximum atomic E-state index is 12.3. The number of carbonyl (C=O) groups excluding carboxylic acids is 3. The van der Waals surface area contributed by atoms with Crippen molar-refractivity contribution >= 4 is 29.6 Å². The van der Waals surface area contributed by atoms with Gasteiger partial charge in [0.15, 0.2) is 0 Å². The van der Waals surface area contributed by atoms with Gasteiger partial charge in [-0.25, -0.2) is 9.59 Å². The lowest BCUT2D eigenvalue weighted by atomic mass is 10.0. The van der Waals surface area contributed by atoms with Gasteiger partial charge in [0, 0.05) is 37.3 Å². The summed E-state index contributed by atoms with van der Waals surface area (Å²) < 4.78 is 4.96. The molecule has 35 heavy (non-hydrogen) atoms. The number of nitrogens with one attached hydrogen (secondary N) is 5. The highest BCUT2D eigenvalue weighted by Crippen LogP contribution is 2.15. The van der Waals surface area contributed by atoms with Crippen LogP contribution in [0.5, 0.6) is 0 Å². The van der Waals surface area contributed by atoms with Crippen molar-refractivity contribution in [3.05, 3.63) is 34.7 Å². The zero-order valence-electron chi connectivity index (χ0n) is 19.8. The number of aromatic amines is 1. The summed E-state index contributed by atoms with van der Waals surface area (Å²) in [7, 11) is 0. The molecule has 1 aromatic rings. The number of hydrogen-bond donors (Lipinski definition) is 8. The van der Waals surface area contributed by atoms with Gasteiger partial charge in [0.05, 0.1) is 24.3 Å². The SMILES string of the molecule is CCOC(=O)c1cc(CC(NC(=O)CCNC(=O)C(N)CC2=CCNC2C(=N)N)C(=O)O)[nH]c1C. The molecular formula is C22H33N7O6. The second-order valence-electron chi connectivity index (χ2n) is 8.14. The van der Waals surface area contributed by atoms with Crippen LogP contribution in [0, 0.1) is 12.3 Å². The number of aromatic nitrogens is 1. The Kier molecular flexibility index (Phi) is 9.97. The van der Waals surface area contributed by atoms with Crippen molar-refractivity contribution in [1.82, 2.24) is 20.9 Å². The molecule has 0 saturated heterocycles. The summed E-state index contributed by atoms with van der Waals surface area (Å²) in [5, 5.41) is 25.0. The van der Waals surface area contributed by atoms with Gasteiger partial charge in [-0.1, -0.05) is 6.08 Å².